The van der Waals surface area contributed by atoms with Gasteiger partial charge in [-0.05, 0) is 67.8 Å². The first kappa shape index (κ1) is 14.8. The summed E-state index contributed by atoms with van der Waals surface area (Å²) in [5.41, 5.74) is 1.91. The smallest absolute Gasteiger partial charge is 0.0241 e. The lowest BCUT2D eigenvalue weighted by Crippen LogP contribution is -2.64. The molecule has 0 heterocycles. The molecule has 0 radical (unpaired) electrons. The Labute approximate surface area is 135 Å². The van der Waals surface area contributed by atoms with Crippen molar-refractivity contribution >= 4 is 0 Å². The molecule has 0 saturated heterocycles. The van der Waals surface area contributed by atoms with Gasteiger partial charge in [0.15, 0.2) is 0 Å². The molecule has 1 aromatic carbocycles. The molecule has 4 fully saturated rings. The predicted molar refractivity (Wildman–Crippen MR) is 92.6 cm³/mol. The highest BCUT2D eigenvalue weighted by atomic mass is 15.0. The van der Waals surface area contributed by atoms with Gasteiger partial charge in [0.05, 0.1) is 0 Å². The molecule has 1 aromatic rings. The van der Waals surface area contributed by atoms with E-state index in [2.05, 4.69) is 42.6 Å². The van der Waals surface area contributed by atoms with Crippen LogP contribution in [0.2, 0.25) is 0 Å². The van der Waals surface area contributed by atoms with Crippen LogP contribution in [0.3, 0.4) is 0 Å². The first-order valence-corrected chi connectivity index (χ1v) is 9.59. The van der Waals surface area contributed by atoms with Gasteiger partial charge in [0.2, 0.25) is 0 Å². The quantitative estimate of drug-likeness (QED) is 0.764. The number of nitrogens with one attached hydrogen (secondary N) is 1. The van der Waals surface area contributed by atoms with E-state index in [0.717, 1.165) is 30.2 Å². The first-order valence-electron chi connectivity index (χ1n) is 9.59. The second-order valence-electron chi connectivity index (χ2n) is 8.29. The molecule has 22 heavy (non-hydrogen) atoms. The minimum Gasteiger partial charge on any atom is -0.307 e. The molecule has 1 heteroatoms. The highest BCUT2D eigenvalue weighted by molar-refractivity contribution is 5.17. The third-order valence-electron chi connectivity index (χ3n) is 7.00. The Morgan fingerprint density at radius 2 is 1.59 bits per heavy atom. The normalized spacial score (nSPS) is 39.3. The molecule has 0 amide bonds. The van der Waals surface area contributed by atoms with Crippen LogP contribution in [0.1, 0.15) is 63.9 Å². The van der Waals surface area contributed by atoms with Gasteiger partial charge in [0.1, 0.15) is 0 Å². The van der Waals surface area contributed by atoms with Gasteiger partial charge >= 0.3 is 0 Å². The van der Waals surface area contributed by atoms with Crippen molar-refractivity contribution < 1.29 is 0 Å². The van der Waals surface area contributed by atoms with Crippen molar-refractivity contribution in [3.8, 4) is 0 Å². The molecular formula is C21H31N. The van der Waals surface area contributed by atoms with Crippen LogP contribution in [0.25, 0.3) is 0 Å². The molecule has 4 aliphatic carbocycles. The van der Waals surface area contributed by atoms with Crippen molar-refractivity contribution in [1.29, 1.82) is 0 Å². The lowest BCUT2D eigenvalue weighted by atomic mass is 9.47. The third kappa shape index (κ3) is 2.52. The van der Waals surface area contributed by atoms with Crippen LogP contribution < -0.4 is 5.32 Å². The van der Waals surface area contributed by atoms with E-state index in [0.29, 0.717) is 5.54 Å². The van der Waals surface area contributed by atoms with E-state index in [1.165, 1.54) is 50.5 Å². The zero-order chi connectivity index (χ0) is 15.0. The molecule has 120 valence electrons. The molecule has 1 nitrogen and oxygen atoms in total. The highest BCUT2D eigenvalue weighted by Crippen LogP contribution is 2.59. The number of hydrogen-bond donors (Lipinski definition) is 1. The topological polar surface area (TPSA) is 12.0 Å². The van der Waals surface area contributed by atoms with Gasteiger partial charge in [-0.2, -0.15) is 0 Å². The summed E-state index contributed by atoms with van der Waals surface area (Å²) in [6.45, 7) is 3.41. The molecule has 1 N–H and O–H groups in total. The zero-order valence-electron chi connectivity index (χ0n) is 14.1. The number of rotatable bonds is 6. The third-order valence-corrected chi connectivity index (χ3v) is 7.00. The second-order valence-corrected chi connectivity index (χ2v) is 8.29. The molecular weight excluding hydrogens is 266 g/mol. The number of hydrogen-bond acceptors (Lipinski definition) is 1. The maximum atomic E-state index is 4.13. The lowest BCUT2D eigenvalue weighted by Gasteiger charge is -2.62. The van der Waals surface area contributed by atoms with Gasteiger partial charge in [-0.1, -0.05) is 50.1 Å². The average molecular weight is 297 g/mol. The predicted octanol–water partition coefficient (Wildman–Crippen LogP) is 5.16. The second kappa shape index (κ2) is 6.00. The number of unbranched alkanes of at least 4 members (excludes halogenated alkanes) is 1. The van der Waals surface area contributed by atoms with Gasteiger partial charge in [-0.25, -0.2) is 0 Å². The van der Waals surface area contributed by atoms with Crippen molar-refractivity contribution in [2.45, 2.75) is 70.4 Å². The molecule has 5 rings (SSSR count). The Morgan fingerprint density at radius 1 is 0.955 bits per heavy atom. The van der Waals surface area contributed by atoms with Gasteiger partial charge in [0, 0.05) is 12.1 Å². The molecule has 0 aliphatic heterocycles. The average Bonchev–Trinajstić information content (AvgIpc) is 2.54. The van der Waals surface area contributed by atoms with Crippen molar-refractivity contribution in [3.05, 3.63) is 35.9 Å². The zero-order valence-corrected chi connectivity index (χ0v) is 14.1. The first-order chi connectivity index (χ1) is 10.8. The van der Waals surface area contributed by atoms with E-state index < -0.39 is 0 Å². The molecule has 4 bridgehead atoms. The Hall–Kier alpha value is -0.820. The summed E-state index contributed by atoms with van der Waals surface area (Å²) in [6, 6.07) is 11.0. The number of benzene rings is 1. The Morgan fingerprint density at radius 3 is 2.18 bits per heavy atom. The standard InChI is InChI=1S/C21H31N/c1-2-3-9-21(22-15-16-7-5-4-6-8-16)19-11-17-10-18(13-19)14-20(21)12-17/h4-8,17-20,22H,2-3,9-15H2,1H3. The maximum absolute atomic E-state index is 4.13. The minimum absolute atomic E-state index is 0.458. The SMILES string of the molecule is CCCCC1(NCc2ccccc2)C2CC3CC(C2)CC1C3. The van der Waals surface area contributed by atoms with Crippen molar-refractivity contribution in [3.63, 3.8) is 0 Å². The van der Waals surface area contributed by atoms with Crippen LogP contribution in [-0.2, 0) is 6.54 Å². The van der Waals surface area contributed by atoms with E-state index in [-0.39, 0.29) is 0 Å². The molecule has 0 aromatic heterocycles. The van der Waals surface area contributed by atoms with E-state index >= 15 is 0 Å². The van der Waals surface area contributed by atoms with Crippen LogP contribution in [0.5, 0.6) is 0 Å². The van der Waals surface area contributed by atoms with E-state index in [1.807, 2.05) is 0 Å². The van der Waals surface area contributed by atoms with E-state index in [4.69, 9.17) is 0 Å². The van der Waals surface area contributed by atoms with Crippen molar-refractivity contribution in [1.82, 2.24) is 5.32 Å². The van der Waals surface area contributed by atoms with Gasteiger partial charge < -0.3 is 5.32 Å². The largest absolute Gasteiger partial charge is 0.307 e. The van der Waals surface area contributed by atoms with Gasteiger partial charge in [-0.15, -0.1) is 0 Å². The monoisotopic (exact) mass is 297 g/mol. The van der Waals surface area contributed by atoms with Gasteiger partial charge in [0.25, 0.3) is 0 Å². The van der Waals surface area contributed by atoms with Crippen LogP contribution in [0.15, 0.2) is 30.3 Å². The van der Waals surface area contributed by atoms with Gasteiger partial charge in [-0.3, -0.25) is 0 Å². The van der Waals surface area contributed by atoms with E-state index in [1.54, 1.807) is 6.42 Å². The highest BCUT2D eigenvalue weighted by Gasteiger charge is 2.56. The fourth-order valence-corrected chi connectivity index (χ4v) is 6.14. The molecule has 0 atom stereocenters. The van der Waals surface area contributed by atoms with Crippen molar-refractivity contribution in [2.75, 3.05) is 0 Å². The molecule has 4 aliphatic rings. The molecule has 0 unspecified atom stereocenters. The van der Waals surface area contributed by atoms with Crippen molar-refractivity contribution in [2.24, 2.45) is 23.7 Å². The molecule has 4 saturated carbocycles. The summed E-state index contributed by atoms with van der Waals surface area (Å²) in [4.78, 5) is 0. The summed E-state index contributed by atoms with van der Waals surface area (Å²) in [7, 11) is 0. The Kier molecular flexibility index (Phi) is 4.02. The Bertz CT molecular complexity index is 464. The minimum atomic E-state index is 0.458. The van der Waals surface area contributed by atoms with Crippen LogP contribution in [0, 0.1) is 23.7 Å². The van der Waals surface area contributed by atoms with Crippen LogP contribution >= 0.6 is 0 Å². The van der Waals surface area contributed by atoms with Crippen LogP contribution in [-0.4, -0.2) is 5.54 Å². The summed E-state index contributed by atoms with van der Waals surface area (Å²) in [5.74, 6) is 4.05. The maximum Gasteiger partial charge on any atom is 0.0241 e. The fraction of sp³-hybridized carbons (Fsp3) is 0.714. The van der Waals surface area contributed by atoms with E-state index in [9.17, 15) is 0 Å². The van der Waals surface area contributed by atoms with Crippen LogP contribution in [0.4, 0.5) is 0 Å². The fourth-order valence-electron chi connectivity index (χ4n) is 6.14. The summed E-state index contributed by atoms with van der Waals surface area (Å²) in [6.07, 6.45) is 11.7. The Balaban J connectivity index is 1.54. The summed E-state index contributed by atoms with van der Waals surface area (Å²) >= 11 is 0. The summed E-state index contributed by atoms with van der Waals surface area (Å²) < 4.78 is 0. The summed E-state index contributed by atoms with van der Waals surface area (Å²) in [5, 5.41) is 4.13. The lowest BCUT2D eigenvalue weighted by molar-refractivity contribution is -0.0793. The molecule has 0 spiro atoms.